The third-order valence-corrected chi connectivity index (χ3v) is 4.80. The van der Waals surface area contributed by atoms with Crippen molar-refractivity contribution in [2.45, 2.75) is 52.0 Å². The zero-order chi connectivity index (χ0) is 16.1. The number of rotatable bonds is 5. The van der Waals surface area contributed by atoms with Crippen molar-refractivity contribution in [1.29, 1.82) is 0 Å². The summed E-state index contributed by atoms with van der Waals surface area (Å²) in [6, 6.07) is 6.13. The summed E-state index contributed by atoms with van der Waals surface area (Å²) in [4.78, 5) is 25.8. The van der Waals surface area contributed by atoms with Crippen molar-refractivity contribution in [1.82, 2.24) is 4.90 Å². The van der Waals surface area contributed by atoms with Crippen molar-refractivity contribution in [3.63, 3.8) is 0 Å². The van der Waals surface area contributed by atoms with Gasteiger partial charge in [-0.25, -0.2) is 0 Å². The standard InChI is InChI=1S/C17H23BrN2O2/c1-12-7-8-16(15(18)11-12)19-17(22)9-10-20(13(2)21)14-5-3-4-6-14/h7-8,11,14H,3-6,9-10H2,1-2H3,(H,19,22). The van der Waals surface area contributed by atoms with Crippen LogP contribution in [0.4, 0.5) is 5.69 Å². The van der Waals surface area contributed by atoms with Crippen molar-refractivity contribution < 1.29 is 9.59 Å². The fraction of sp³-hybridized carbons (Fsp3) is 0.529. The number of aryl methyl sites for hydroxylation is 1. The molecule has 0 atom stereocenters. The van der Waals surface area contributed by atoms with E-state index in [1.165, 1.54) is 12.8 Å². The SMILES string of the molecule is CC(=O)N(CCC(=O)Nc1ccc(C)cc1Br)C1CCCC1. The maximum absolute atomic E-state index is 12.1. The van der Waals surface area contributed by atoms with Gasteiger partial charge in [0.1, 0.15) is 0 Å². The number of amides is 2. The van der Waals surface area contributed by atoms with Crippen molar-refractivity contribution >= 4 is 33.4 Å². The van der Waals surface area contributed by atoms with Gasteiger partial charge in [-0.2, -0.15) is 0 Å². The summed E-state index contributed by atoms with van der Waals surface area (Å²) in [5.41, 5.74) is 1.90. The lowest BCUT2D eigenvalue weighted by Crippen LogP contribution is -2.39. The van der Waals surface area contributed by atoms with Crippen LogP contribution in [0.3, 0.4) is 0 Å². The highest BCUT2D eigenvalue weighted by Crippen LogP contribution is 2.25. The maximum Gasteiger partial charge on any atom is 0.226 e. The van der Waals surface area contributed by atoms with Gasteiger partial charge in [0, 0.05) is 30.4 Å². The molecule has 4 nitrogen and oxygen atoms in total. The van der Waals surface area contributed by atoms with Gasteiger partial charge in [0.25, 0.3) is 0 Å². The minimum Gasteiger partial charge on any atom is -0.339 e. The predicted octanol–water partition coefficient (Wildman–Crippen LogP) is 3.88. The van der Waals surface area contributed by atoms with Crippen molar-refractivity contribution in [3.05, 3.63) is 28.2 Å². The lowest BCUT2D eigenvalue weighted by atomic mass is 10.2. The number of nitrogens with one attached hydrogen (secondary N) is 1. The Kier molecular flexibility index (Phi) is 6.00. The van der Waals surface area contributed by atoms with Crippen LogP contribution in [0.25, 0.3) is 0 Å². The van der Waals surface area contributed by atoms with Gasteiger partial charge in [0.05, 0.1) is 5.69 Å². The molecule has 0 heterocycles. The van der Waals surface area contributed by atoms with Gasteiger partial charge in [-0.1, -0.05) is 18.9 Å². The third kappa shape index (κ3) is 4.57. The first-order chi connectivity index (χ1) is 10.5. The molecular formula is C17H23BrN2O2. The summed E-state index contributed by atoms with van der Waals surface area (Å²) >= 11 is 3.45. The monoisotopic (exact) mass is 366 g/mol. The van der Waals surface area contributed by atoms with Gasteiger partial charge in [-0.3, -0.25) is 9.59 Å². The first kappa shape index (κ1) is 17.0. The smallest absolute Gasteiger partial charge is 0.226 e. The van der Waals surface area contributed by atoms with Crippen molar-refractivity contribution in [2.24, 2.45) is 0 Å². The summed E-state index contributed by atoms with van der Waals surface area (Å²) in [7, 11) is 0. The number of benzene rings is 1. The second-order valence-electron chi connectivity index (χ2n) is 5.93. The van der Waals surface area contributed by atoms with E-state index in [4.69, 9.17) is 0 Å². The Labute approximate surface area is 140 Å². The molecule has 1 fully saturated rings. The predicted molar refractivity (Wildman–Crippen MR) is 91.8 cm³/mol. The Morgan fingerprint density at radius 1 is 1.32 bits per heavy atom. The van der Waals surface area contributed by atoms with E-state index in [0.717, 1.165) is 28.6 Å². The normalized spacial score (nSPS) is 14.9. The zero-order valence-corrected chi connectivity index (χ0v) is 14.8. The molecule has 120 valence electrons. The van der Waals surface area contributed by atoms with Gasteiger partial charge in [-0.15, -0.1) is 0 Å². The van der Waals surface area contributed by atoms with Crippen LogP contribution in [-0.4, -0.2) is 29.3 Å². The van der Waals surface area contributed by atoms with Crippen LogP contribution in [0.5, 0.6) is 0 Å². The van der Waals surface area contributed by atoms with Crippen LogP contribution in [0.2, 0.25) is 0 Å². The molecule has 2 rings (SSSR count). The molecule has 0 radical (unpaired) electrons. The average Bonchev–Trinajstić information content (AvgIpc) is 2.96. The molecule has 0 unspecified atom stereocenters. The molecule has 1 aliphatic carbocycles. The molecule has 0 aromatic heterocycles. The first-order valence-electron chi connectivity index (χ1n) is 7.80. The average molecular weight is 367 g/mol. The summed E-state index contributed by atoms with van der Waals surface area (Å²) in [5.74, 6) is 0.00464. The Morgan fingerprint density at radius 2 is 2.00 bits per heavy atom. The first-order valence-corrected chi connectivity index (χ1v) is 8.60. The van der Waals surface area contributed by atoms with Crippen LogP contribution in [0, 0.1) is 6.92 Å². The summed E-state index contributed by atoms with van der Waals surface area (Å²) in [6.07, 6.45) is 4.81. The highest BCUT2D eigenvalue weighted by molar-refractivity contribution is 9.10. The maximum atomic E-state index is 12.1. The van der Waals surface area contributed by atoms with E-state index in [1.807, 2.05) is 30.0 Å². The Balaban J connectivity index is 1.89. The van der Waals surface area contributed by atoms with Crippen LogP contribution < -0.4 is 5.32 Å². The fourth-order valence-electron chi connectivity index (χ4n) is 2.97. The van der Waals surface area contributed by atoms with E-state index in [9.17, 15) is 9.59 Å². The molecule has 1 N–H and O–H groups in total. The molecule has 2 amide bonds. The molecule has 22 heavy (non-hydrogen) atoms. The number of anilines is 1. The van der Waals surface area contributed by atoms with Crippen LogP contribution >= 0.6 is 15.9 Å². The number of carbonyl (C=O) groups is 2. The van der Waals surface area contributed by atoms with Gasteiger partial charge in [-0.05, 0) is 53.4 Å². The third-order valence-electron chi connectivity index (χ3n) is 4.15. The van der Waals surface area contributed by atoms with Gasteiger partial charge in [0.2, 0.25) is 11.8 Å². The number of halogens is 1. The summed E-state index contributed by atoms with van der Waals surface area (Å²) < 4.78 is 0.875. The number of carbonyl (C=O) groups excluding carboxylic acids is 2. The Hall–Kier alpha value is -1.36. The molecular weight excluding hydrogens is 344 g/mol. The molecule has 1 aromatic carbocycles. The molecule has 0 spiro atoms. The molecule has 0 bridgehead atoms. The highest BCUT2D eigenvalue weighted by Gasteiger charge is 2.24. The summed E-state index contributed by atoms with van der Waals surface area (Å²) in [6.45, 7) is 4.09. The molecule has 0 aliphatic heterocycles. The van der Waals surface area contributed by atoms with Gasteiger partial charge in [0.15, 0.2) is 0 Å². The minimum absolute atomic E-state index is 0.0613. The largest absolute Gasteiger partial charge is 0.339 e. The second kappa shape index (κ2) is 7.77. The number of hydrogen-bond donors (Lipinski definition) is 1. The lowest BCUT2D eigenvalue weighted by molar-refractivity contribution is -0.131. The fourth-order valence-corrected chi connectivity index (χ4v) is 3.56. The van der Waals surface area contributed by atoms with E-state index in [2.05, 4.69) is 21.2 Å². The van der Waals surface area contributed by atoms with E-state index < -0.39 is 0 Å². The number of hydrogen-bond acceptors (Lipinski definition) is 2. The van der Waals surface area contributed by atoms with E-state index in [0.29, 0.717) is 19.0 Å². The molecule has 1 aromatic rings. The van der Waals surface area contributed by atoms with Crippen LogP contribution in [-0.2, 0) is 9.59 Å². The summed E-state index contributed by atoms with van der Waals surface area (Å²) in [5, 5.41) is 2.90. The minimum atomic E-state index is -0.0613. The lowest BCUT2D eigenvalue weighted by Gasteiger charge is -2.27. The van der Waals surface area contributed by atoms with E-state index in [1.54, 1.807) is 6.92 Å². The van der Waals surface area contributed by atoms with Crippen LogP contribution in [0.1, 0.15) is 44.6 Å². The molecule has 1 saturated carbocycles. The molecule has 1 aliphatic rings. The molecule has 0 saturated heterocycles. The van der Waals surface area contributed by atoms with Crippen molar-refractivity contribution in [2.75, 3.05) is 11.9 Å². The number of nitrogens with zero attached hydrogens (tertiary/aromatic N) is 1. The quantitative estimate of drug-likeness (QED) is 0.859. The Morgan fingerprint density at radius 3 is 2.59 bits per heavy atom. The van der Waals surface area contributed by atoms with E-state index >= 15 is 0 Å². The second-order valence-corrected chi connectivity index (χ2v) is 6.79. The zero-order valence-electron chi connectivity index (χ0n) is 13.2. The Bertz CT molecular complexity index is 554. The topological polar surface area (TPSA) is 49.4 Å². The molecule has 5 heteroatoms. The van der Waals surface area contributed by atoms with Crippen molar-refractivity contribution in [3.8, 4) is 0 Å². The van der Waals surface area contributed by atoms with E-state index in [-0.39, 0.29) is 11.8 Å². The highest BCUT2D eigenvalue weighted by atomic mass is 79.9. The van der Waals surface area contributed by atoms with Gasteiger partial charge < -0.3 is 10.2 Å². The van der Waals surface area contributed by atoms with Gasteiger partial charge >= 0.3 is 0 Å². The van der Waals surface area contributed by atoms with Crippen LogP contribution in [0.15, 0.2) is 22.7 Å².